The Hall–Kier alpha value is -2.54. The van der Waals surface area contributed by atoms with Crippen LogP contribution in [0.3, 0.4) is 0 Å². The van der Waals surface area contributed by atoms with Crippen molar-refractivity contribution >= 4 is 35.1 Å². The Kier molecular flexibility index (Phi) is 5.70. The zero-order valence-electron chi connectivity index (χ0n) is 15.6. The number of hydrogen-bond acceptors (Lipinski definition) is 5. The number of nitrogens with zero attached hydrogens (tertiary/aromatic N) is 2. The van der Waals surface area contributed by atoms with E-state index in [9.17, 15) is 14.4 Å². The third-order valence-corrected chi connectivity index (χ3v) is 5.73. The Labute approximate surface area is 162 Å². The number of Topliss-reactive ketones (excluding diaryl/α,β-unsaturated/α-hetero) is 1. The third-order valence-electron chi connectivity index (χ3n) is 4.49. The maximum Gasteiger partial charge on any atom is 0.355 e. The molecular formula is C20H22N2O4S. The van der Waals surface area contributed by atoms with E-state index in [0.29, 0.717) is 17.4 Å². The number of rotatable bonds is 4. The number of carbonyl (C=O) groups is 3. The number of anilines is 1. The minimum absolute atomic E-state index is 0.131. The summed E-state index contributed by atoms with van der Waals surface area (Å²) < 4.78 is 6.76. The van der Waals surface area contributed by atoms with Crippen LogP contribution >= 0.6 is 11.8 Å². The molecule has 0 aliphatic carbocycles. The number of aromatic nitrogens is 1. The van der Waals surface area contributed by atoms with Crippen molar-refractivity contribution in [3.05, 3.63) is 47.8 Å². The van der Waals surface area contributed by atoms with Gasteiger partial charge in [-0.05, 0) is 31.5 Å². The summed E-state index contributed by atoms with van der Waals surface area (Å²) in [4.78, 5) is 39.2. The molecule has 1 aromatic carbocycles. The number of carbonyl (C=O) groups excluding carboxylic acids is 3. The van der Waals surface area contributed by atoms with Gasteiger partial charge in [-0.25, -0.2) is 4.79 Å². The second kappa shape index (κ2) is 8.00. The molecular weight excluding hydrogens is 364 g/mol. The summed E-state index contributed by atoms with van der Waals surface area (Å²) in [5.41, 5.74) is 1.53. The molecule has 6 nitrogen and oxygen atoms in total. The van der Waals surface area contributed by atoms with Crippen LogP contribution in [0.4, 0.5) is 5.69 Å². The van der Waals surface area contributed by atoms with Gasteiger partial charge in [0.15, 0.2) is 12.4 Å². The molecule has 1 amide bonds. The van der Waals surface area contributed by atoms with Gasteiger partial charge in [0.05, 0.1) is 5.69 Å². The number of ketones is 1. The zero-order chi connectivity index (χ0) is 19.6. The lowest BCUT2D eigenvalue weighted by Crippen LogP contribution is -2.36. The fourth-order valence-corrected chi connectivity index (χ4v) is 4.10. The summed E-state index contributed by atoms with van der Waals surface area (Å²) in [5, 5.41) is 0.403. The number of hydrogen-bond donors (Lipinski definition) is 0. The van der Waals surface area contributed by atoms with Gasteiger partial charge in [0, 0.05) is 35.5 Å². The van der Waals surface area contributed by atoms with E-state index in [0.717, 1.165) is 17.0 Å². The molecule has 1 aliphatic heterocycles. The first-order valence-electron chi connectivity index (χ1n) is 8.77. The molecule has 2 aromatic rings. The van der Waals surface area contributed by atoms with Gasteiger partial charge in [0.2, 0.25) is 0 Å². The van der Waals surface area contributed by atoms with Crippen LogP contribution in [-0.2, 0) is 16.6 Å². The van der Waals surface area contributed by atoms with Crippen molar-refractivity contribution < 1.29 is 19.1 Å². The number of thioether (sulfide) groups is 1. The van der Waals surface area contributed by atoms with Crippen LogP contribution in [0.2, 0.25) is 0 Å². The van der Waals surface area contributed by atoms with Gasteiger partial charge in [-0.2, -0.15) is 0 Å². The molecule has 0 radical (unpaired) electrons. The first-order chi connectivity index (χ1) is 12.9. The van der Waals surface area contributed by atoms with Gasteiger partial charge in [-0.1, -0.05) is 19.1 Å². The fourth-order valence-electron chi connectivity index (χ4n) is 2.99. The highest BCUT2D eigenvalue weighted by Crippen LogP contribution is 2.37. The van der Waals surface area contributed by atoms with Crippen molar-refractivity contribution in [1.29, 1.82) is 0 Å². The summed E-state index contributed by atoms with van der Waals surface area (Å²) >= 11 is 1.75. The van der Waals surface area contributed by atoms with Crippen LogP contribution in [-0.4, -0.2) is 40.6 Å². The van der Waals surface area contributed by atoms with E-state index in [2.05, 4.69) is 6.92 Å². The Balaban J connectivity index is 1.71. The summed E-state index contributed by atoms with van der Waals surface area (Å²) in [6.45, 7) is 3.81. The standard InChI is InChI=1S/C20H22N2O4S/c1-13-8-9-22(16-6-4-5-7-18(16)27-13)19(24)12-26-20(25)17-10-15(14(2)23)11-21(17)3/h4-7,10-11,13H,8-9,12H2,1-3H3/t13-/m1/s1. The van der Waals surface area contributed by atoms with Crippen molar-refractivity contribution in [3.63, 3.8) is 0 Å². The lowest BCUT2D eigenvalue weighted by Gasteiger charge is -2.22. The number of para-hydroxylation sites is 1. The van der Waals surface area contributed by atoms with E-state index in [-0.39, 0.29) is 24.0 Å². The van der Waals surface area contributed by atoms with Crippen LogP contribution in [0.5, 0.6) is 0 Å². The average molecular weight is 386 g/mol. The largest absolute Gasteiger partial charge is 0.451 e. The summed E-state index contributed by atoms with van der Waals surface area (Å²) in [5.74, 6) is -1.01. The molecule has 0 N–H and O–H groups in total. The summed E-state index contributed by atoms with van der Waals surface area (Å²) in [7, 11) is 1.66. The molecule has 1 aliphatic rings. The summed E-state index contributed by atoms with van der Waals surface area (Å²) in [6.07, 6.45) is 2.43. The summed E-state index contributed by atoms with van der Waals surface area (Å²) in [6, 6.07) is 9.25. The first kappa shape index (κ1) is 19.2. The molecule has 1 atom stereocenters. The Morgan fingerprint density at radius 1 is 1.26 bits per heavy atom. The average Bonchev–Trinajstić information content (AvgIpc) is 2.94. The first-order valence-corrected chi connectivity index (χ1v) is 9.65. The molecule has 0 saturated carbocycles. The number of fused-ring (bicyclic) bond motifs is 1. The van der Waals surface area contributed by atoms with Crippen molar-refractivity contribution in [1.82, 2.24) is 4.57 Å². The normalized spacial score (nSPS) is 16.4. The molecule has 142 valence electrons. The van der Waals surface area contributed by atoms with Gasteiger partial charge >= 0.3 is 5.97 Å². The number of amides is 1. The number of esters is 1. The number of aryl methyl sites for hydroxylation is 1. The molecule has 0 bridgehead atoms. The molecule has 3 rings (SSSR count). The van der Waals surface area contributed by atoms with Gasteiger partial charge in [0.1, 0.15) is 5.69 Å². The van der Waals surface area contributed by atoms with Gasteiger partial charge in [-0.15, -0.1) is 11.8 Å². The molecule has 27 heavy (non-hydrogen) atoms. The Morgan fingerprint density at radius 3 is 2.70 bits per heavy atom. The van der Waals surface area contributed by atoms with E-state index in [4.69, 9.17) is 4.74 Å². The second-order valence-electron chi connectivity index (χ2n) is 6.59. The SMILES string of the molecule is CC(=O)c1cc(C(=O)OCC(=O)N2CC[C@@H](C)Sc3ccccc32)n(C)c1. The van der Waals surface area contributed by atoms with Gasteiger partial charge < -0.3 is 14.2 Å². The Bertz CT molecular complexity index is 890. The third kappa shape index (κ3) is 4.24. The monoisotopic (exact) mass is 386 g/mol. The molecule has 0 unspecified atom stereocenters. The molecule has 1 aromatic heterocycles. The van der Waals surface area contributed by atoms with E-state index >= 15 is 0 Å². The maximum atomic E-state index is 12.7. The van der Waals surface area contributed by atoms with E-state index in [1.165, 1.54) is 17.6 Å². The van der Waals surface area contributed by atoms with Crippen LogP contribution in [0.1, 0.15) is 41.1 Å². The van der Waals surface area contributed by atoms with Gasteiger partial charge in [-0.3, -0.25) is 9.59 Å². The zero-order valence-corrected chi connectivity index (χ0v) is 16.4. The predicted octanol–water partition coefficient (Wildman–Crippen LogP) is 3.30. The highest BCUT2D eigenvalue weighted by Gasteiger charge is 2.25. The number of benzene rings is 1. The van der Waals surface area contributed by atoms with Crippen molar-refractivity contribution in [2.75, 3.05) is 18.1 Å². The maximum absolute atomic E-state index is 12.7. The van der Waals surface area contributed by atoms with Crippen molar-refractivity contribution in [3.8, 4) is 0 Å². The van der Waals surface area contributed by atoms with E-state index in [1.54, 1.807) is 29.9 Å². The van der Waals surface area contributed by atoms with Crippen molar-refractivity contribution in [2.45, 2.75) is 30.4 Å². The van der Waals surface area contributed by atoms with Crippen LogP contribution in [0.15, 0.2) is 41.4 Å². The molecule has 0 fully saturated rings. The fraction of sp³-hybridized carbons (Fsp3) is 0.350. The Morgan fingerprint density at radius 2 is 2.00 bits per heavy atom. The lowest BCUT2D eigenvalue weighted by atomic mass is 10.2. The molecule has 0 spiro atoms. The lowest BCUT2D eigenvalue weighted by molar-refractivity contribution is -0.121. The molecule has 0 saturated heterocycles. The van der Waals surface area contributed by atoms with Crippen molar-refractivity contribution in [2.24, 2.45) is 7.05 Å². The van der Waals surface area contributed by atoms with Gasteiger partial charge in [0.25, 0.3) is 5.91 Å². The minimum atomic E-state index is -0.621. The highest BCUT2D eigenvalue weighted by molar-refractivity contribution is 8.00. The molecule has 7 heteroatoms. The topological polar surface area (TPSA) is 68.6 Å². The minimum Gasteiger partial charge on any atom is -0.451 e. The highest BCUT2D eigenvalue weighted by atomic mass is 32.2. The number of ether oxygens (including phenoxy) is 1. The predicted molar refractivity (Wildman–Crippen MR) is 104 cm³/mol. The van der Waals surface area contributed by atoms with Crippen LogP contribution in [0.25, 0.3) is 0 Å². The van der Waals surface area contributed by atoms with Crippen LogP contribution in [0, 0.1) is 0 Å². The van der Waals surface area contributed by atoms with E-state index in [1.807, 2.05) is 24.3 Å². The quantitative estimate of drug-likeness (QED) is 0.596. The van der Waals surface area contributed by atoms with E-state index < -0.39 is 5.97 Å². The smallest absolute Gasteiger partial charge is 0.355 e. The van der Waals surface area contributed by atoms with Crippen LogP contribution < -0.4 is 4.90 Å². The second-order valence-corrected chi connectivity index (χ2v) is 8.07. The molecule has 2 heterocycles.